The number of carbonyl (C=O) groups excluding carboxylic acids is 1. The highest BCUT2D eigenvalue weighted by Crippen LogP contribution is 2.15. The molecule has 0 heterocycles. The molecule has 0 aliphatic carbocycles. The molecule has 0 spiro atoms. The van der Waals surface area contributed by atoms with Gasteiger partial charge in [0.25, 0.3) is 5.09 Å². The van der Waals surface area contributed by atoms with Crippen molar-refractivity contribution in [3.63, 3.8) is 0 Å². The Balaban J connectivity index is 2.54. The van der Waals surface area contributed by atoms with Crippen LogP contribution >= 0.6 is 0 Å². The third-order valence-corrected chi connectivity index (χ3v) is 3.15. The van der Waals surface area contributed by atoms with Crippen LogP contribution in [0.25, 0.3) is 0 Å². The second-order valence-electron chi connectivity index (χ2n) is 5.16. The molecule has 1 unspecified atom stereocenters. The molecular formula is C15H18N2O9. The number of carbonyl (C=O) groups is 3. The van der Waals surface area contributed by atoms with Gasteiger partial charge in [0.2, 0.25) is 0 Å². The van der Waals surface area contributed by atoms with E-state index >= 15 is 0 Å². The fourth-order valence-corrected chi connectivity index (χ4v) is 1.98. The van der Waals surface area contributed by atoms with Crippen molar-refractivity contribution in [3.8, 4) is 5.75 Å². The second-order valence-corrected chi connectivity index (χ2v) is 5.16. The van der Waals surface area contributed by atoms with Crippen LogP contribution in [0.3, 0.4) is 0 Å². The molecule has 1 atom stereocenters. The minimum absolute atomic E-state index is 0.0670. The number of hydrogen-bond acceptors (Lipinski definition) is 7. The zero-order valence-electron chi connectivity index (χ0n) is 13.6. The maximum absolute atomic E-state index is 11.8. The van der Waals surface area contributed by atoms with Gasteiger partial charge in [-0.1, -0.05) is 12.1 Å². The average Bonchev–Trinajstić information content (AvgIpc) is 2.55. The third kappa shape index (κ3) is 8.47. The molecule has 1 rings (SSSR count). The Morgan fingerprint density at radius 2 is 2.00 bits per heavy atom. The van der Waals surface area contributed by atoms with Gasteiger partial charge in [-0.15, -0.1) is 10.1 Å². The average molecular weight is 370 g/mol. The van der Waals surface area contributed by atoms with Crippen LogP contribution in [0.5, 0.6) is 5.75 Å². The summed E-state index contributed by atoms with van der Waals surface area (Å²) in [5, 5.41) is 28.8. The van der Waals surface area contributed by atoms with Gasteiger partial charge in [-0.05, 0) is 37.0 Å². The molecule has 1 aromatic carbocycles. The molecule has 142 valence electrons. The highest BCUT2D eigenvalue weighted by Gasteiger charge is 2.21. The molecule has 0 saturated heterocycles. The van der Waals surface area contributed by atoms with Gasteiger partial charge in [0, 0.05) is 6.42 Å². The molecule has 0 bridgehead atoms. The van der Waals surface area contributed by atoms with Crippen molar-refractivity contribution < 1.29 is 39.3 Å². The maximum Gasteiger partial charge on any atom is 0.413 e. The Morgan fingerprint density at radius 1 is 1.27 bits per heavy atom. The minimum Gasteiger partial charge on any atom is -0.481 e. The maximum atomic E-state index is 11.8. The van der Waals surface area contributed by atoms with Crippen molar-refractivity contribution in [2.24, 2.45) is 0 Å². The molecule has 11 nitrogen and oxygen atoms in total. The van der Waals surface area contributed by atoms with E-state index in [2.05, 4.69) is 10.2 Å². The molecule has 1 aromatic rings. The minimum atomic E-state index is -1.39. The first-order valence-corrected chi connectivity index (χ1v) is 7.57. The van der Waals surface area contributed by atoms with Crippen molar-refractivity contribution in [1.29, 1.82) is 0 Å². The Hall–Kier alpha value is -3.37. The quantitative estimate of drug-likeness (QED) is 0.295. The first-order chi connectivity index (χ1) is 12.3. The van der Waals surface area contributed by atoms with Crippen LogP contribution in [-0.2, 0) is 20.8 Å². The second kappa shape index (κ2) is 10.5. The number of benzene rings is 1. The first kappa shape index (κ1) is 20.7. The summed E-state index contributed by atoms with van der Waals surface area (Å²) in [6, 6.07) is 4.94. The summed E-state index contributed by atoms with van der Waals surface area (Å²) in [4.78, 5) is 47.6. The van der Waals surface area contributed by atoms with E-state index in [0.29, 0.717) is 12.8 Å². The summed E-state index contributed by atoms with van der Waals surface area (Å²) < 4.78 is 4.99. The Kier molecular flexibility index (Phi) is 8.34. The Bertz CT molecular complexity index is 662. The van der Waals surface area contributed by atoms with Crippen LogP contribution in [0.15, 0.2) is 24.3 Å². The molecule has 26 heavy (non-hydrogen) atoms. The van der Waals surface area contributed by atoms with Gasteiger partial charge in [0.05, 0.1) is 6.61 Å². The number of nitrogens with one attached hydrogen (secondary N) is 1. The van der Waals surface area contributed by atoms with Gasteiger partial charge in [-0.25, -0.2) is 9.59 Å². The van der Waals surface area contributed by atoms with Crippen molar-refractivity contribution in [3.05, 3.63) is 39.9 Å². The molecule has 11 heteroatoms. The lowest BCUT2D eigenvalue weighted by Crippen LogP contribution is -2.42. The van der Waals surface area contributed by atoms with Crippen LogP contribution in [0.4, 0.5) is 4.79 Å². The predicted octanol–water partition coefficient (Wildman–Crippen LogP) is 1.23. The van der Waals surface area contributed by atoms with Crippen molar-refractivity contribution >= 4 is 18.0 Å². The summed E-state index contributed by atoms with van der Waals surface area (Å²) in [6.07, 6.45) is -0.901. The largest absolute Gasteiger partial charge is 0.481 e. The summed E-state index contributed by atoms with van der Waals surface area (Å²) >= 11 is 0. The van der Waals surface area contributed by atoms with Gasteiger partial charge >= 0.3 is 18.0 Å². The van der Waals surface area contributed by atoms with E-state index in [9.17, 15) is 24.5 Å². The van der Waals surface area contributed by atoms with E-state index in [1.165, 1.54) is 12.1 Å². The van der Waals surface area contributed by atoms with Gasteiger partial charge < -0.3 is 25.1 Å². The molecule has 0 fully saturated rings. The highest BCUT2D eigenvalue weighted by molar-refractivity contribution is 5.81. The van der Waals surface area contributed by atoms with Gasteiger partial charge in [-0.2, -0.15) is 0 Å². The number of hydrogen-bond donors (Lipinski definition) is 3. The van der Waals surface area contributed by atoms with Crippen molar-refractivity contribution in [2.45, 2.75) is 31.7 Å². The molecule has 0 aliphatic rings. The summed E-state index contributed by atoms with van der Waals surface area (Å²) in [7, 11) is 0. The topological polar surface area (TPSA) is 165 Å². The van der Waals surface area contributed by atoms with Crippen LogP contribution in [-0.4, -0.2) is 46.0 Å². The number of nitrogens with zero attached hydrogens (tertiary/aromatic N) is 1. The van der Waals surface area contributed by atoms with Crippen LogP contribution in [0.2, 0.25) is 0 Å². The standard InChI is InChI=1S/C15H18N2O9/c18-13(19)7-6-12(14(20)21)16-15(22)26-11-5-1-3-10(9-11)4-2-8-25-17(23)24/h1,3,5,9,12H,2,4,6-8H2,(H,16,22)(H,18,19)(H,20,21). The van der Waals surface area contributed by atoms with Gasteiger partial charge in [0.15, 0.2) is 0 Å². The van der Waals surface area contributed by atoms with E-state index in [1.807, 2.05) is 0 Å². The van der Waals surface area contributed by atoms with Crippen LogP contribution < -0.4 is 10.1 Å². The number of ether oxygens (including phenoxy) is 1. The molecule has 0 aromatic heterocycles. The van der Waals surface area contributed by atoms with E-state index in [-0.39, 0.29) is 18.8 Å². The van der Waals surface area contributed by atoms with Crippen LogP contribution in [0.1, 0.15) is 24.8 Å². The normalized spacial score (nSPS) is 11.2. The zero-order chi connectivity index (χ0) is 19.5. The lowest BCUT2D eigenvalue weighted by atomic mass is 10.1. The highest BCUT2D eigenvalue weighted by atomic mass is 16.9. The fourth-order valence-electron chi connectivity index (χ4n) is 1.98. The van der Waals surface area contributed by atoms with E-state index in [0.717, 1.165) is 5.56 Å². The lowest BCUT2D eigenvalue weighted by Gasteiger charge is -2.13. The number of carboxylic acid groups (broad SMARTS) is 2. The first-order valence-electron chi connectivity index (χ1n) is 7.57. The smallest absolute Gasteiger partial charge is 0.413 e. The molecule has 0 saturated carbocycles. The molecule has 1 amide bonds. The van der Waals surface area contributed by atoms with Crippen LogP contribution in [0, 0.1) is 10.1 Å². The number of aryl methyl sites for hydroxylation is 1. The van der Waals surface area contributed by atoms with E-state index in [4.69, 9.17) is 14.9 Å². The van der Waals surface area contributed by atoms with E-state index < -0.39 is 35.6 Å². The Morgan fingerprint density at radius 3 is 2.62 bits per heavy atom. The zero-order valence-corrected chi connectivity index (χ0v) is 13.6. The fraction of sp³-hybridized carbons (Fsp3) is 0.400. The summed E-state index contributed by atoms with van der Waals surface area (Å²) in [5.74, 6) is -2.40. The van der Waals surface area contributed by atoms with E-state index in [1.54, 1.807) is 12.1 Å². The van der Waals surface area contributed by atoms with Crippen molar-refractivity contribution in [1.82, 2.24) is 5.32 Å². The monoisotopic (exact) mass is 370 g/mol. The van der Waals surface area contributed by atoms with Crippen molar-refractivity contribution in [2.75, 3.05) is 6.61 Å². The number of carboxylic acids is 2. The summed E-state index contributed by atoms with van der Waals surface area (Å²) in [6.45, 7) is -0.0670. The SMILES string of the molecule is O=C(O)CCC(NC(=O)Oc1cccc(CCCO[N+](=O)[O-])c1)C(=O)O. The third-order valence-electron chi connectivity index (χ3n) is 3.15. The number of aliphatic carboxylic acids is 2. The Labute approximate surface area is 147 Å². The van der Waals surface area contributed by atoms with Gasteiger partial charge in [0.1, 0.15) is 11.8 Å². The molecule has 3 N–H and O–H groups in total. The summed E-state index contributed by atoms with van der Waals surface area (Å²) in [5.41, 5.74) is 0.739. The number of amides is 1. The molecule has 0 aliphatic heterocycles. The predicted molar refractivity (Wildman–Crippen MR) is 85.2 cm³/mol. The van der Waals surface area contributed by atoms with Gasteiger partial charge in [-0.3, -0.25) is 4.79 Å². The molecular weight excluding hydrogens is 352 g/mol. The number of rotatable bonds is 11. The molecule has 0 radical (unpaired) electrons. The lowest BCUT2D eigenvalue weighted by molar-refractivity contribution is -0.757.